The standard InChI is InChI=1S/C12H26N2O/c1-5-11(6-2)9-13-8-7-12(15)14-10(3)4/h10-11,13H,5-9H2,1-4H3,(H,14,15). The van der Waals surface area contributed by atoms with Crippen molar-refractivity contribution in [2.75, 3.05) is 13.1 Å². The van der Waals surface area contributed by atoms with Gasteiger partial charge in [0.2, 0.25) is 5.91 Å². The molecule has 0 aromatic heterocycles. The smallest absolute Gasteiger partial charge is 0.221 e. The van der Waals surface area contributed by atoms with Crippen LogP contribution in [0.2, 0.25) is 0 Å². The molecule has 0 aliphatic heterocycles. The van der Waals surface area contributed by atoms with Crippen molar-refractivity contribution in [3.63, 3.8) is 0 Å². The van der Waals surface area contributed by atoms with Crippen molar-refractivity contribution in [1.82, 2.24) is 10.6 Å². The summed E-state index contributed by atoms with van der Waals surface area (Å²) in [5.74, 6) is 0.889. The van der Waals surface area contributed by atoms with Crippen molar-refractivity contribution in [1.29, 1.82) is 0 Å². The van der Waals surface area contributed by atoms with Gasteiger partial charge < -0.3 is 10.6 Å². The Kier molecular flexibility index (Phi) is 8.38. The Hall–Kier alpha value is -0.570. The van der Waals surface area contributed by atoms with E-state index in [9.17, 15) is 4.79 Å². The van der Waals surface area contributed by atoms with Crippen LogP contribution in [0.4, 0.5) is 0 Å². The Morgan fingerprint density at radius 1 is 1.20 bits per heavy atom. The van der Waals surface area contributed by atoms with Crippen LogP contribution in [0.1, 0.15) is 47.0 Å². The molecule has 0 spiro atoms. The summed E-state index contributed by atoms with van der Waals surface area (Å²) in [6.07, 6.45) is 3.00. The van der Waals surface area contributed by atoms with Gasteiger partial charge in [0.05, 0.1) is 0 Å². The number of hydrogen-bond acceptors (Lipinski definition) is 2. The molecule has 0 radical (unpaired) electrons. The molecule has 90 valence electrons. The molecule has 15 heavy (non-hydrogen) atoms. The monoisotopic (exact) mass is 214 g/mol. The summed E-state index contributed by atoms with van der Waals surface area (Å²) in [5.41, 5.74) is 0. The fraction of sp³-hybridized carbons (Fsp3) is 0.917. The molecule has 0 atom stereocenters. The van der Waals surface area contributed by atoms with E-state index in [0.717, 1.165) is 19.0 Å². The van der Waals surface area contributed by atoms with E-state index in [1.807, 2.05) is 13.8 Å². The topological polar surface area (TPSA) is 41.1 Å². The summed E-state index contributed by atoms with van der Waals surface area (Å²) >= 11 is 0. The number of carbonyl (C=O) groups excluding carboxylic acids is 1. The molecule has 0 unspecified atom stereocenters. The average molecular weight is 214 g/mol. The molecular formula is C12H26N2O. The molecular weight excluding hydrogens is 188 g/mol. The molecule has 2 N–H and O–H groups in total. The van der Waals surface area contributed by atoms with Crippen molar-refractivity contribution in [2.45, 2.75) is 53.0 Å². The van der Waals surface area contributed by atoms with Crippen LogP contribution in [0.3, 0.4) is 0 Å². The summed E-state index contributed by atoms with van der Waals surface area (Å²) in [7, 11) is 0. The first kappa shape index (κ1) is 14.4. The van der Waals surface area contributed by atoms with Gasteiger partial charge in [-0.2, -0.15) is 0 Å². The van der Waals surface area contributed by atoms with Crippen LogP contribution in [0.25, 0.3) is 0 Å². The van der Waals surface area contributed by atoms with E-state index in [1.165, 1.54) is 12.8 Å². The number of carbonyl (C=O) groups is 1. The van der Waals surface area contributed by atoms with Crippen LogP contribution in [-0.2, 0) is 4.79 Å². The number of amides is 1. The fourth-order valence-corrected chi connectivity index (χ4v) is 1.48. The zero-order chi connectivity index (χ0) is 11.7. The fourth-order valence-electron chi connectivity index (χ4n) is 1.48. The predicted molar refractivity (Wildman–Crippen MR) is 64.8 cm³/mol. The van der Waals surface area contributed by atoms with Gasteiger partial charge in [-0.25, -0.2) is 0 Å². The second-order valence-electron chi connectivity index (χ2n) is 4.36. The second kappa shape index (κ2) is 8.72. The van der Waals surface area contributed by atoms with Gasteiger partial charge in [0.15, 0.2) is 0 Å². The molecule has 1 amide bonds. The van der Waals surface area contributed by atoms with Crippen LogP contribution in [-0.4, -0.2) is 25.0 Å². The lowest BCUT2D eigenvalue weighted by Gasteiger charge is -2.13. The van der Waals surface area contributed by atoms with Gasteiger partial charge in [0, 0.05) is 19.0 Å². The molecule has 0 aromatic carbocycles. The minimum atomic E-state index is 0.141. The maximum absolute atomic E-state index is 11.3. The Labute approximate surface area is 94.0 Å². The minimum Gasteiger partial charge on any atom is -0.354 e. The molecule has 0 aromatic rings. The van der Waals surface area contributed by atoms with Crippen LogP contribution in [0.5, 0.6) is 0 Å². The largest absolute Gasteiger partial charge is 0.354 e. The molecule has 0 fully saturated rings. The van der Waals surface area contributed by atoms with Crippen LogP contribution in [0.15, 0.2) is 0 Å². The van der Waals surface area contributed by atoms with Crippen molar-refractivity contribution in [3.8, 4) is 0 Å². The Bertz CT molecular complexity index is 165. The number of nitrogens with one attached hydrogen (secondary N) is 2. The van der Waals surface area contributed by atoms with Crippen molar-refractivity contribution < 1.29 is 4.79 Å². The van der Waals surface area contributed by atoms with E-state index in [-0.39, 0.29) is 11.9 Å². The van der Waals surface area contributed by atoms with E-state index < -0.39 is 0 Å². The molecule has 0 heterocycles. The highest BCUT2D eigenvalue weighted by Crippen LogP contribution is 2.04. The molecule has 0 rings (SSSR count). The highest BCUT2D eigenvalue weighted by atomic mass is 16.1. The van der Waals surface area contributed by atoms with Gasteiger partial charge in [-0.15, -0.1) is 0 Å². The first-order chi connectivity index (χ1) is 7.10. The molecule has 0 saturated carbocycles. The average Bonchev–Trinajstić information content (AvgIpc) is 2.17. The van der Waals surface area contributed by atoms with Crippen LogP contribution < -0.4 is 10.6 Å². The maximum Gasteiger partial charge on any atom is 0.221 e. The summed E-state index contributed by atoms with van der Waals surface area (Å²) in [6, 6.07) is 0.247. The van der Waals surface area contributed by atoms with Crippen LogP contribution in [0, 0.1) is 5.92 Å². The van der Waals surface area contributed by atoms with E-state index >= 15 is 0 Å². The van der Waals surface area contributed by atoms with Gasteiger partial charge in [0.1, 0.15) is 0 Å². The normalized spacial score (nSPS) is 11.1. The van der Waals surface area contributed by atoms with Gasteiger partial charge in [-0.05, 0) is 26.3 Å². The third kappa shape index (κ3) is 8.43. The molecule has 0 saturated heterocycles. The molecule has 0 bridgehead atoms. The Morgan fingerprint density at radius 3 is 2.27 bits per heavy atom. The highest BCUT2D eigenvalue weighted by Gasteiger charge is 2.04. The Balaban J connectivity index is 3.41. The van der Waals surface area contributed by atoms with E-state index in [2.05, 4.69) is 24.5 Å². The second-order valence-corrected chi connectivity index (χ2v) is 4.36. The minimum absolute atomic E-state index is 0.141. The van der Waals surface area contributed by atoms with E-state index in [0.29, 0.717) is 6.42 Å². The summed E-state index contributed by atoms with van der Waals surface area (Å²) in [5, 5.41) is 6.21. The predicted octanol–water partition coefficient (Wildman–Crippen LogP) is 1.93. The maximum atomic E-state index is 11.3. The zero-order valence-corrected chi connectivity index (χ0v) is 10.6. The lowest BCUT2D eigenvalue weighted by molar-refractivity contribution is -0.121. The zero-order valence-electron chi connectivity index (χ0n) is 10.6. The SMILES string of the molecule is CCC(CC)CNCCC(=O)NC(C)C. The molecule has 3 nitrogen and oxygen atoms in total. The van der Waals surface area contributed by atoms with Crippen molar-refractivity contribution >= 4 is 5.91 Å². The highest BCUT2D eigenvalue weighted by molar-refractivity contribution is 5.76. The summed E-state index contributed by atoms with van der Waals surface area (Å²) in [4.78, 5) is 11.3. The summed E-state index contributed by atoms with van der Waals surface area (Å²) < 4.78 is 0. The first-order valence-corrected chi connectivity index (χ1v) is 6.10. The number of hydrogen-bond donors (Lipinski definition) is 2. The Morgan fingerprint density at radius 2 is 1.80 bits per heavy atom. The van der Waals surface area contributed by atoms with Gasteiger partial charge in [-0.3, -0.25) is 4.79 Å². The van der Waals surface area contributed by atoms with E-state index in [4.69, 9.17) is 0 Å². The van der Waals surface area contributed by atoms with Crippen molar-refractivity contribution in [2.24, 2.45) is 5.92 Å². The molecule has 0 aliphatic rings. The van der Waals surface area contributed by atoms with Crippen molar-refractivity contribution in [3.05, 3.63) is 0 Å². The van der Waals surface area contributed by atoms with Gasteiger partial charge in [0.25, 0.3) is 0 Å². The molecule has 3 heteroatoms. The van der Waals surface area contributed by atoms with Gasteiger partial charge >= 0.3 is 0 Å². The quantitative estimate of drug-likeness (QED) is 0.606. The lowest BCUT2D eigenvalue weighted by Crippen LogP contribution is -2.33. The summed E-state index contributed by atoms with van der Waals surface area (Å²) in [6.45, 7) is 10.2. The third-order valence-corrected chi connectivity index (χ3v) is 2.57. The van der Waals surface area contributed by atoms with Crippen LogP contribution >= 0.6 is 0 Å². The lowest BCUT2D eigenvalue weighted by atomic mass is 10.0. The first-order valence-electron chi connectivity index (χ1n) is 6.10. The molecule has 0 aliphatic carbocycles. The van der Waals surface area contributed by atoms with Gasteiger partial charge in [-0.1, -0.05) is 26.7 Å². The number of rotatable bonds is 8. The third-order valence-electron chi connectivity index (χ3n) is 2.57. The van der Waals surface area contributed by atoms with E-state index in [1.54, 1.807) is 0 Å².